The Balaban J connectivity index is 1.46. The fourth-order valence-corrected chi connectivity index (χ4v) is 3.62. The number of piperidine rings is 1. The van der Waals surface area contributed by atoms with Crippen LogP contribution in [0.2, 0.25) is 0 Å². The Morgan fingerprint density at radius 1 is 1.26 bits per heavy atom. The molecule has 0 atom stereocenters. The van der Waals surface area contributed by atoms with Gasteiger partial charge in [0.2, 0.25) is 11.8 Å². The normalized spacial score (nSPS) is 17.0. The maximum absolute atomic E-state index is 12.3. The summed E-state index contributed by atoms with van der Waals surface area (Å²) < 4.78 is 0. The Labute approximate surface area is 158 Å². The first-order valence-electron chi connectivity index (χ1n) is 9.53. The number of aryl methyl sites for hydroxylation is 1. The van der Waals surface area contributed by atoms with E-state index in [1.54, 1.807) is 4.90 Å². The SMILES string of the molecule is O=C(O)CCNC(=O)CC(=O)N1CCC(c2ccc3c(n2)NCCC3)CC1. The number of fused-ring (bicyclic) bond motifs is 1. The van der Waals surface area contributed by atoms with E-state index in [0.29, 0.717) is 19.0 Å². The van der Waals surface area contributed by atoms with Crippen LogP contribution < -0.4 is 10.6 Å². The van der Waals surface area contributed by atoms with E-state index in [1.807, 2.05) is 0 Å². The third kappa shape index (κ3) is 5.18. The van der Waals surface area contributed by atoms with Crippen LogP contribution in [0.4, 0.5) is 5.82 Å². The lowest BCUT2D eigenvalue weighted by atomic mass is 9.92. The summed E-state index contributed by atoms with van der Waals surface area (Å²) in [6.07, 6.45) is 3.49. The Morgan fingerprint density at radius 3 is 2.78 bits per heavy atom. The minimum absolute atomic E-state index is 0.0432. The fourth-order valence-electron chi connectivity index (χ4n) is 3.62. The van der Waals surface area contributed by atoms with E-state index in [2.05, 4.69) is 22.8 Å². The van der Waals surface area contributed by atoms with Crippen molar-refractivity contribution < 1.29 is 19.5 Å². The smallest absolute Gasteiger partial charge is 0.305 e. The molecule has 8 nitrogen and oxygen atoms in total. The van der Waals surface area contributed by atoms with Gasteiger partial charge in [-0.1, -0.05) is 6.07 Å². The summed E-state index contributed by atoms with van der Waals surface area (Å²) in [5.74, 6) is -0.287. The van der Waals surface area contributed by atoms with Crippen molar-refractivity contribution in [3.8, 4) is 0 Å². The second-order valence-corrected chi connectivity index (χ2v) is 7.10. The predicted octanol–water partition coefficient (Wildman–Crippen LogP) is 1.13. The van der Waals surface area contributed by atoms with Crippen molar-refractivity contribution in [1.82, 2.24) is 15.2 Å². The molecular weight excluding hydrogens is 348 g/mol. The van der Waals surface area contributed by atoms with Gasteiger partial charge in [0, 0.05) is 37.8 Å². The van der Waals surface area contributed by atoms with Crippen LogP contribution in [0, 0.1) is 0 Å². The molecule has 0 spiro atoms. The second-order valence-electron chi connectivity index (χ2n) is 7.10. The molecule has 0 saturated carbocycles. The molecule has 0 radical (unpaired) electrons. The number of hydrogen-bond acceptors (Lipinski definition) is 5. The standard InChI is InChI=1S/C19H26N4O4/c24-16(20-9-5-18(26)27)12-17(25)23-10-6-13(7-11-23)15-4-3-14-2-1-8-21-19(14)22-15/h3-4,13H,1-2,5-12H2,(H,20,24)(H,21,22)(H,26,27). The highest BCUT2D eigenvalue weighted by molar-refractivity contribution is 5.97. The number of anilines is 1. The lowest BCUT2D eigenvalue weighted by Gasteiger charge is -2.32. The van der Waals surface area contributed by atoms with Crippen LogP contribution in [-0.4, -0.2) is 59.0 Å². The van der Waals surface area contributed by atoms with Crippen molar-refractivity contribution in [1.29, 1.82) is 0 Å². The highest BCUT2D eigenvalue weighted by Gasteiger charge is 2.26. The Hall–Kier alpha value is -2.64. The van der Waals surface area contributed by atoms with Crippen molar-refractivity contribution in [2.24, 2.45) is 0 Å². The maximum Gasteiger partial charge on any atom is 0.305 e. The number of aromatic nitrogens is 1. The van der Waals surface area contributed by atoms with Crippen molar-refractivity contribution in [3.05, 3.63) is 23.4 Å². The zero-order valence-electron chi connectivity index (χ0n) is 15.4. The molecular formula is C19H26N4O4. The molecule has 1 aromatic heterocycles. The molecule has 3 N–H and O–H groups in total. The van der Waals surface area contributed by atoms with Crippen LogP contribution in [0.1, 0.15) is 49.3 Å². The number of aliphatic carboxylic acids is 1. The third-order valence-electron chi connectivity index (χ3n) is 5.15. The molecule has 3 heterocycles. The van der Waals surface area contributed by atoms with Crippen LogP contribution >= 0.6 is 0 Å². The van der Waals surface area contributed by atoms with Gasteiger partial charge in [0.25, 0.3) is 0 Å². The summed E-state index contributed by atoms with van der Waals surface area (Å²) in [6.45, 7) is 2.22. The van der Waals surface area contributed by atoms with Crippen LogP contribution in [0.3, 0.4) is 0 Å². The second kappa shape index (κ2) is 8.83. The van der Waals surface area contributed by atoms with E-state index in [4.69, 9.17) is 10.1 Å². The number of carboxylic acids is 1. The molecule has 1 fully saturated rings. The Bertz CT molecular complexity index is 714. The van der Waals surface area contributed by atoms with Crippen molar-refractivity contribution in [2.45, 2.75) is 44.4 Å². The predicted molar refractivity (Wildman–Crippen MR) is 99.5 cm³/mol. The molecule has 2 aliphatic rings. The Kier molecular flexibility index (Phi) is 6.26. The van der Waals surface area contributed by atoms with Crippen LogP contribution in [0.15, 0.2) is 12.1 Å². The third-order valence-corrected chi connectivity index (χ3v) is 5.15. The summed E-state index contributed by atoms with van der Waals surface area (Å²) in [7, 11) is 0. The van der Waals surface area contributed by atoms with E-state index in [0.717, 1.165) is 43.7 Å². The fraction of sp³-hybridized carbons (Fsp3) is 0.579. The average Bonchev–Trinajstić information content (AvgIpc) is 2.67. The van der Waals surface area contributed by atoms with Gasteiger partial charge in [-0.15, -0.1) is 0 Å². The zero-order chi connectivity index (χ0) is 19.2. The number of amides is 2. The van der Waals surface area contributed by atoms with Gasteiger partial charge in [0.05, 0.1) is 6.42 Å². The quantitative estimate of drug-likeness (QED) is 0.644. The minimum Gasteiger partial charge on any atom is -0.481 e. The van der Waals surface area contributed by atoms with E-state index in [-0.39, 0.29) is 25.3 Å². The van der Waals surface area contributed by atoms with Gasteiger partial charge in [0.1, 0.15) is 12.2 Å². The molecule has 1 saturated heterocycles. The molecule has 1 aromatic rings. The molecule has 146 valence electrons. The number of hydrogen-bond donors (Lipinski definition) is 3. The maximum atomic E-state index is 12.3. The summed E-state index contributed by atoms with van der Waals surface area (Å²) in [5.41, 5.74) is 2.34. The number of carbonyl (C=O) groups is 3. The average molecular weight is 374 g/mol. The minimum atomic E-state index is -0.977. The highest BCUT2D eigenvalue weighted by Crippen LogP contribution is 2.30. The van der Waals surface area contributed by atoms with E-state index < -0.39 is 11.9 Å². The highest BCUT2D eigenvalue weighted by atomic mass is 16.4. The van der Waals surface area contributed by atoms with Gasteiger partial charge in [0.15, 0.2) is 0 Å². The van der Waals surface area contributed by atoms with Gasteiger partial charge in [-0.3, -0.25) is 14.4 Å². The topological polar surface area (TPSA) is 112 Å². The summed E-state index contributed by atoms with van der Waals surface area (Å²) in [5, 5.41) is 14.4. The van der Waals surface area contributed by atoms with Crippen molar-refractivity contribution >= 4 is 23.6 Å². The van der Waals surface area contributed by atoms with Crippen LogP contribution in [0.25, 0.3) is 0 Å². The largest absolute Gasteiger partial charge is 0.481 e. The van der Waals surface area contributed by atoms with Crippen LogP contribution in [-0.2, 0) is 20.8 Å². The number of carbonyl (C=O) groups excluding carboxylic acids is 2. The molecule has 8 heteroatoms. The van der Waals surface area contributed by atoms with Gasteiger partial charge in [-0.05, 0) is 37.3 Å². The monoisotopic (exact) mass is 374 g/mol. The van der Waals surface area contributed by atoms with Gasteiger partial charge >= 0.3 is 5.97 Å². The summed E-state index contributed by atoms with van der Waals surface area (Å²) in [6, 6.07) is 4.26. The first-order chi connectivity index (χ1) is 13.0. The molecule has 0 aliphatic carbocycles. The molecule has 3 rings (SSSR count). The van der Waals surface area contributed by atoms with Gasteiger partial charge in [-0.2, -0.15) is 0 Å². The van der Waals surface area contributed by atoms with E-state index >= 15 is 0 Å². The number of nitrogens with one attached hydrogen (secondary N) is 2. The molecule has 27 heavy (non-hydrogen) atoms. The van der Waals surface area contributed by atoms with Gasteiger partial charge < -0.3 is 20.6 Å². The first kappa shape index (κ1) is 19.1. The summed E-state index contributed by atoms with van der Waals surface area (Å²) >= 11 is 0. The number of nitrogens with zero attached hydrogens (tertiary/aromatic N) is 2. The number of likely N-dealkylation sites (tertiary alicyclic amines) is 1. The molecule has 0 aromatic carbocycles. The number of carboxylic acid groups (broad SMARTS) is 1. The molecule has 2 amide bonds. The van der Waals surface area contributed by atoms with Crippen LogP contribution in [0.5, 0.6) is 0 Å². The lowest BCUT2D eigenvalue weighted by molar-refractivity contribution is -0.137. The van der Waals surface area contributed by atoms with Crippen molar-refractivity contribution in [2.75, 3.05) is 31.5 Å². The zero-order valence-corrected chi connectivity index (χ0v) is 15.4. The lowest BCUT2D eigenvalue weighted by Crippen LogP contribution is -2.40. The Morgan fingerprint density at radius 2 is 2.04 bits per heavy atom. The molecule has 0 unspecified atom stereocenters. The number of rotatable bonds is 6. The van der Waals surface area contributed by atoms with E-state index in [1.165, 1.54) is 5.56 Å². The van der Waals surface area contributed by atoms with E-state index in [9.17, 15) is 14.4 Å². The number of pyridine rings is 1. The first-order valence-corrected chi connectivity index (χ1v) is 9.53. The van der Waals surface area contributed by atoms with Crippen molar-refractivity contribution in [3.63, 3.8) is 0 Å². The van der Waals surface area contributed by atoms with Gasteiger partial charge in [-0.25, -0.2) is 4.98 Å². The summed E-state index contributed by atoms with van der Waals surface area (Å²) in [4.78, 5) is 40.9. The molecule has 0 bridgehead atoms. The molecule has 2 aliphatic heterocycles.